The van der Waals surface area contributed by atoms with E-state index in [9.17, 15) is 18.8 Å². The van der Waals surface area contributed by atoms with Crippen molar-refractivity contribution in [1.82, 2.24) is 19.7 Å². The Kier molecular flexibility index (Phi) is 7.09. The maximum atomic E-state index is 14.2. The quantitative estimate of drug-likeness (QED) is 0.553. The molecule has 31 heavy (non-hydrogen) atoms. The zero-order chi connectivity index (χ0) is 22.4. The van der Waals surface area contributed by atoms with Gasteiger partial charge in [-0.2, -0.15) is 9.78 Å². The molecule has 1 amide bonds. The standard InChI is InChI=1S/C22H23FN4O4/c1-15-7-5-9-17(13-15)27-22(30)26(14-16-8-3-4-10-18(16)23)21(29)19(25-27)20(28)24-11-6-12-31-2/h3-5,7-10,13H,6,11-12,14H2,1-2H3,(H,24,28). The fraction of sp³-hybridized carbons (Fsp3) is 0.273. The van der Waals surface area contributed by atoms with Crippen LogP contribution >= 0.6 is 0 Å². The van der Waals surface area contributed by atoms with Crippen molar-refractivity contribution in [1.29, 1.82) is 0 Å². The minimum Gasteiger partial charge on any atom is -0.385 e. The van der Waals surface area contributed by atoms with Crippen LogP contribution in [0.2, 0.25) is 0 Å². The van der Waals surface area contributed by atoms with Crippen LogP contribution in [-0.2, 0) is 11.3 Å². The molecule has 3 aromatic rings. The Bertz CT molecular complexity index is 1200. The van der Waals surface area contributed by atoms with Crippen molar-refractivity contribution >= 4 is 5.91 Å². The second-order valence-corrected chi connectivity index (χ2v) is 6.97. The first-order valence-corrected chi connectivity index (χ1v) is 9.74. The van der Waals surface area contributed by atoms with Gasteiger partial charge in [-0.15, -0.1) is 0 Å². The van der Waals surface area contributed by atoms with Crippen molar-refractivity contribution in [3.05, 3.63) is 92.0 Å². The molecule has 8 nitrogen and oxygen atoms in total. The fourth-order valence-electron chi connectivity index (χ4n) is 3.02. The topological polar surface area (TPSA) is 95.2 Å². The molecule has 0 aliphatic heterocycles. The number of hydrogen-bond acceptors (Lipinski definition) is 5. The lowest BCUT2D eigenvalue weighted by atomic mass is 10.2. The largest absolute Gasteiger partial charge is 0.385 e. The lowest BCUT2D eigenvalue weighted by molar-refractivity contribution is 0.0938. The summed E-state index contributed by atoms with van der Waals surface area (Å²) < 4.78 is 20.9. The number of aryl methyl sites for hydroxylation is 1. The van der Waals surface area contributed by atoms with Gasteiger partial charge in [0.05, 0.1) is 12.2 Å². The summed E-state index contributed by atoms with van der Waals surface area (Å²) in [6.45, 7) is 2.22. The lowest BCUT2D eigenvalue weighted by Gasteiger charge is -2.13. The number of ether oxygens (including phenoxy) is 1. The summed E-state index contributed by atoms with van der Waals surface area (Å²) in [6.07, 6.45) is 0.545. The molecule has 0 fully saturated rings. The Morgan fingerprint density at radius 2 is 1.94 bits per heavy atom. The number of methoxy groups -OCH3 is 1. The summed E-state index contributed by atoms with van der Waals surface area (Å²) >= 11 is 0. The van der Waals surface area contributed by atoms with E-state index in [2.05, 4.69) is 10.4 Å². The molecule has 2 aromatic carbocycles. The van der Waals surface area contributed by atoms with Crippen LogP contribution < -0.4 is 16.6 Å². The average Bonchev–Trinajstić information content (AvgIpc) is 2.75. The van der Waals surface area contributed by atoms with Crippen LogP contribution in [0, 0.1) is 12.7 Å². The summed E-state index contributed by atoms with van der Waals surface area (Å²) in [4.78, 5) is 38.7. The Morgan fingerprint density at radius 3 is 2.65 bits per heavy atom. The molecule has 9 heteroatoms. The van der Waals surface area contributed by atoms with Gasteiger partial charge in [0.15, 0.2) is 0 Å². The smallest absolute Gasteiger partial charge is 0.352 e. The maximum absolute atomic E-state index is 14.2. The normalized spacial score (nSPS) is 10.8. The van der Waals surface area contributed by atoms with Gasteiger partial charge in [0, 0.05) is 25.8 Å². The summed E-state index contributed by atoms with van der Waals surface area (Å²) in [5, 5.41) is 6.64. The minimum atomic E-state index is -0.888. The second kappa shape index (κ2) is 9.94. The number of carbonyl (C=O) groups is 1. The average molecular weight is 426 g/mol. The Labute approximate surface area is 177 Å². The summed E-state index contributed by atoms with van der Waals surface area (Å²) in [5.74, 6) is -1.27. The maximum Gasteiger partial charge on any atom is 0.352 e. The molecule has 1 heterocycles. The van der Waals surface area contributed by atoms with Crippen molar-refractivity contribution in [2.75, 3.05) is 20.3 Å². The van der Waals surface area contributed by atoms with Gasteiger partial charge >= 0.3 is 5.69 Å². The predicted molar refractivity (Wildman–Crippen MR) is 113 cm³/mol. The monoisotopic (exact) mass is 426 g/mol. The van der Waals surface area contributed by atoms with Crippen molar-refractivity contribution in [3.63, 3.8) is 0 Å². The summed E-state index contributed by atoms with van der Waals surface area (Å²) in [6, 6.07) is 12.7. The van der Waals surface area contributed by atoms with Crippen molar-refractivity contribution in [3.8, 4) is 5.69 Å². The number of nitrogens with zero attached hydrogens (tertiary/aromatic N) is 3. The van der Waals surface area contributed by atoms with Crippen molar-refractivity contribution in [2.45, 2.75) is 19.9 Å². The highest BCUT2D eigenvalue weighted by molar-refractivity contribution is 5.91. The van der Waals surface area contributed by atoms with E-state index in [1.165, 1.54) is 18.2 Å². The van der Waals surface area contributed by atoms with Gasteiger partial charge in [0.25, 0.3) is 11.5 Å². The number of benzene rings is 2. The highest BCUT2D eigenvalue weighted by atomic mass is 19.1. The minimum absolute atomic E-state index is 0.148. The predicted octanol–water partition coefficient (Wildman–Crippen LogP) is 1.66. The SMILES string of the molecule is COCCCNC(=O)c1nn(-c2cccc(C)c2)c(=O)n(Cc2ccccc2F)c1=O. The third-order valence-corrected chi connectivity index (χ3v) is 4.62. The molecular weight excluding hydrogens is 403 g/mol. The van der Waals surface area contributed by atoms with Gasteiger partial charge in [-0.05, 0) is 37.1 Å². The van der Waals surface area contributed by atoms with E-state index in [-0.39, 0.29) is 18.7 Å². The molecule has 162 valence electrons. The molecule has 1 N–H and O–H groups in total. The number of carbonyl (C=O) groups excluding carboxylic acids is 1. The van der Waals surface area contributed by atoms with Crippen molar-refractivity contribution in [2.24, 2.45) is 0 Å². The molecule has 0 unspecified atom stereocenters. The van der Waals surface area contributed by atoms with E-state index in [1.807, 2.05) is 13.0 Å². The third-order valence-electron chi connectivity index (χ3n) is 4.62. The number of aromatic nitrogens is 3. The van der Waals surface area contributed by atoms with Crippen LogP contribution in [0.5, 0.6) is 0 Å². The van der Waals surface area contributed by atoms with E-state index in [1.54, 1.807) is 31.4 Å². The zero-order valence-electron chi connectivity index (χ0n) is 17.3. The fourth-order valence-corrected chi connectivity index (χ4v) is 3.02. The number of rotatable bonds is 8. The first-order valence-electron chi connectivity index (χ1n) is 9.74. The van der Waals surface area contributed by atoms with Gasteiger partial charge in [0.1, 0.15) is 5.82 Å². The lowest BCUT2D eigenvalue weighted by Crippen LogP contribution is -2.46. The van der Waals surface area contributed by atoms with Crippen molar-refractivity contribution < 1.29 is 13.9 Å². The van der Waals surface area contributed by atoms with E-state index in [4.69, 9.17) is 4.74 Å². The van der Waals surface area contributed by atoms with Crippen LogP contribution in [0.1, 0.15) is 28.0 Å². The molecule has 0 saturated carbocycles. The van der Waals surface area contributed by atoms with E-state index in [0.29, 0.717) is 18.7 Å². The van der Waals surface area contributed by atoms with E-state index >= 15 is 0 Å². The Hall–Kier alpha value is -3.59. The second-order valence-electron chi connectivity index (χ2n) is 6.97. The molecule has 0 atom stereocenters. The van der Waals surface area contributed by atoms with E-state index in [0.717, 1.165) is 14.8 Å². The summed E-state index contributed by atoms with van der Waals surface area (Å²) in [5.41, 5.74) is -0.703. The first-order chi connectivity index (χ1) is 14.9. The highest BCUT2D eigenvalue weighted by Gasteiger charge is 2.21. The molecule has 0 aliphatic carbocycles. The van der Waals surface area contributed by atoms with Crippen LogP contribution in [0.3, 0.4) is 0 Å². The molecule has 0 saturated heterocycles. The van der Waals surface area contributed by atoms with Gasteiger partial charge in [-0.3, -0.25) is 14.2 Å². The zero-order valence-corrected chi connectivity index (χ0v) is 17.3. The molecule has 1 aromatic heterocycles. The van der Waals surface area contributed by atoms with Crippen LogP contribution in [0.15, 0.2) is 58.1 Å². The highest BCUT2D eigenvalue weighted by Crippen LogP contribution is 2.09. The van der Waals surface area contributed by atoms with Crippen LogP contribution in [0.25, 0.3) is 5.69 Å². The van der Waals surface area contributed by atoms with Crippen LogP contribution in [-0.4, -0.2) is 40.5 Å². The molecular formula is C22H23FN4O4. The van der Waals surface area contributed by atoms with Gasteiger partial charge in [-0.25, -0.2) is 9.18 Å². The van der Waals surface area contributed by atoms with E-state index < -0.39 is 28.7 Å². The number of hydrogen-bond donors (Lipinski definition) is 1. The Morgan fingerprint density at radius 1 is 1.16 bits per heavy atom. The molecule has 0 bridgehead atoms. The number of halogens is 1. The molecule has 0 spiro atoms. The van der Waals surface area contributed by atoms with Gasteiger partial charge < -0.3 is 10.1 Å². The van der Waals surface area contributed by atoms with Crippen LogP contribution in [0.4, 0.5) is 4.39 Å². The summed E-state index contributed by atoms with van der Waals surface area (Å²) in [7, 11) is 1.54. The number of amides is 1. The third kappa shape index (κ3) is 5.13. The molecule has 0 radical (unpaired) electrons. The molecule has 3 rings (SSSR count). The van der Waals surface area contributed by atoms with Gasteiger partial charge in [-0.1, -0.05) is 30.3 Å². The number of nitrogens with one attached hydrogen (secondary N) is 1. The molecule has 0 aliphatic rings. The van der Waals surface area contributed by atoms with Gasteiger partial charge in [0.2, 0.25) is 5.69 Å². The Balaban J connectivity index is 2.11. The first kappa shape index (κ1) is 22.1.